The number of piperidine rings is 1. The molecule has 2 aromatic heterocycles. The van der Waals surface area contributed by atoms with E-state index in [9.17, 15) is 4.79 Å². The second-order valence-corrected chi connectivity index (χ2v) is 8.75. The molecule has 1 saturated heterocycles. The monoisotopic (exact) mass is 392 g/mol. The molecule has 4 heterocycles. The number of aromatic nitrogens is 2. The molecule has 0 unspecified atom stereocenters. The lowest BCUT2D eigenvalue weighted by atomic mass is 9.96. The van der Waals surface area contributed by atoms with Crippen LogP contribution in [0.4, 0.5) is 11.5 Å². The van der Waals surface area contributed by atoms with Crippen molar-refractivity contribution >= 4 is 39.0 Å². The summed E-state index contributed by atoms with van der Waals surface area (Å²) in [7, 11) is 0. The van der Waals surface area contributed by atoms with Crippen LogP contribution >= 0.6 is 11.3 Å². The van der Waals surface area contributed by atoms with E-state index in [-0.39, 0.29) is 11.8 Å². The second-order valence-electron chi connectivity index (χ2n) is 7.64. The van der Waals surface area contributed by atoms with Gasteiger partial charge in [-0.2, -0.15) is 0 Å². The minimum atomic E-state index is 0.0224. The Hall–Kier alpha value is -2.47. The van der Waals surface area contributed by atoms with Gasteiger partial charge in [-0.3, -0.25) is 4.79 Å². The van der Waals surface area contributed by atoms with Crippen molar-refractivity contribution in [2.75, 3.05) is 29.4 Å². The lowest BCUT2D eigenvalue weighted by Crippen LogP contribution is -2.45. The minimum Gasteiger partial charge on any atom is -0.355 e. The van der Waals surface area contributed by atoms with Crippen LogP contribution in [0.5, 0.6) is 0 Å². The van der Waals surface area contributed by atoms with E-state index in [1.807, 2.05) is 11.0 Å². The Labute approximate surface area is 169 Å². The van der Waals surface area contributed by atoms with Crippen LogP contribution in [0.15, 0.2) is 36.7 Å². The van der Waals surface area contributed by atoms with E-state index < -0.39 is 0 Å². The molecule has 0 aliphatic carbocycles. The van der Waals surface area contributed by atoms with E-state index in [0.717, 1.165) is 67.0 Å². The van der Waals surface area contributed by atoms with Crippen molar-refractivity contribution in [3.8, 4) is 0 Å². The van der Waals surface area contributed by atoms with Gasteiger partial charge >= 0.3 is 0 Å². The minimum absolute atomic E-state index is 0.0224. The smallest absolute Gasteiger partial charge is 0.231 e. The van der Waals surface area contributed by atoms with Crippen molar-refractivity contribution < 1.29 is 4.79 Å². The first-order valence-corrected chi connectivity index (χ1v) is 10.9. The SMILES string of the molecule is CCc1cc2c(N3CCC[C@H](C(=O)N4CCc5ccccc54)C3)ncnc2s1. The van der Waals surface area contributed by atoms with Gasteiger partial charge in [-0.25, -0.2) is 9.97 Å². The number of hydrogen-bond acceptors (Lipinski definition) is 5. The fourth-order valence-corrected chi connectivity index (χ4v) is 5.41. The van der Waals surface area contributed by atoms with Crippen molar-refractivity contribution in [3.63, 3.8) is 0 Å². The van der Waals surface area contributed by atoms with Crippen LogP contribution in [-0.4, -0.2) is 35.5 Å². The summed E-state index contributed by atoms with van der Waals surface area (Å²) >= 11 is 1.74. The normalized spacial score (nSPS) is 19.2. The maximum Gasteiger partial charge on any atom is 0.231 e. The number of anilines is 2. The van der Waals surface area contributed by atoms with Gasteiger partial charge < -0.3 is 9.80 Å². The standard InChI is InChI=1S/C22H24N4OS/c1-2-17-12-18-20(23-14-24-21(18)28-17)25-10-5-7-16(13-25)22(27)26-11-9-15-6-3-4-8-19(15)26/h3-4,6,8,12,14,16H,2,5,7,9-11,13H2,1H3/t16-/m0/s1. The predicted molar refractivity (Wildman–Crippen MR) is 114 cm³/mol. The molecule has 2 aliphatic heterocycles. The molecule has 2 aliphatic rings. The number of carbonyl (C=O) groups is 1. The molecule has 0 N–H and O–H groups in total. The molecule has 1 fully saturated rings. The van der Waals surface area contributed by atoms with Crippen molar-refractivity contribution in [3.05, 3.63) is 47.1 Å². The summed E-state index contributed by atoms with van der Waals surface area (Å²) in [6.07, 6.45) is 5.60. The molecule has 0 bridgehead atoms. The van der Waals surface area contributed by atoms with Crippen LogP contribution in [0.25, 0.3) is 10.2 Å². The zero-order chi connectivity index (χ0) is 19.1. The van der Waals surface area contributed by atoms with E-state index in [1.54, 1.807) is 17.7 Å². The first-order chi connectivity index (χ1) is 13.7. The first kappa shape index (κ1) is 17.6. The van der Waals surface area contributed by atoms with Gasteiger partial charge in [0.25, 0.3) is 0 Å². The number of fused-ring (bicyclic) bond motifs is 2. The van der Waals surface area contributed by atoms with E-state index in [1.165, 1.54) is 10.4 Å². The Bertz CT molecular complexity index is 1030. The van der Waals surface area contributed by atoms with Crippen molar-refractivity contribution in [1.82, 2.24) is 9.97 Å². The van der Waals surface area contributed by atoms with E-state index in [2.05, 4.69) is 46.1 Å². The number of amides is 1. The third-order valence-corrected chi connectivity index (χ3v) is 7.12. The Balaban J connectivity index is 1.40. The molecule has 1 aromatic carbocycles. The summed E-state index contributed by atoms with van der Waals surface area (Å²) in [6.45, 7) is 4.66. The molecular formula is C22H24N4OS. The topological polar surface area (TPSA) is 49.3 Å². The van der Waals surface area contributed by atoms with Crippen LogP contribution in [0.1, 0.15) is 30.2 Å². The van der Waals surface area contributed by atoms with Crippen LogP contribution in [0.3, 0.4) is 0 Å². The number of hydrogen-bond donors (Lipinski definition) is 0. The summed E-state index contributed by atoms with van der Waals surface area (Å²) in [6, 6.07) is 10.5. The van der Waals surface area contributed by atoms with Crippen molar-refractivity contribution in [2.45, 2.75) is 32.6 Å². The second kappa shape index (κ2) is 7.17. The van der Waals surface area contributed by atoms with Gasteiger partial charge in [0.1, 0.15) is 17.0 Å². The maximum atomic E-state index is 13.3. The van der Waals surface area contributed by atoms with Gasteiger partial charge in [0.15, 0.2) is 0 Å². The zero-order valence-corrected chi connectivity index (χ0v) is 16.9. The fourth-order valence-electron chi connectivity index (χ4n) is 4.48. The van der Waals surface area contributed by atoms with E-state index >= 15 is 0 Å². The largest absolute Gasteiger partial charge is 0.355 e. The molecular weight excluding hydrogens is 368 g/mol. The van der Waals surface area contributed by atoms with Gasteiger partial charge in [-0.15, -0.1) is 11.3 Å². The van der Waals surface area contributed by atoms with Gasteiger partial charge in [-0.1, -0.05) is 25.1 Å². The number of nitrogens with zero attached hydrogens (tertiary/aromatic N) is 4. The summed E-state index contributed by atoms with van der Waals surface area (Å²) < 4.78 is 0. The molecule has 28 heavy (non-hydrogen) atoms. The molecule has 0 radical (unpaired) electrons. The summed E-state index contributed by atoms with van der Waals surface area (Å²) in [5.74, 6) is 1.27. The Morgan fingerprint density at radius 1 is 1.25 bits per heavy atom. The number of benzene rings is 1. The van der Waals surface area contributed by atoms with Crippen LogP contribution in [0.2, 0.25) is 0 Å². The van der Waals surface area contributed by atoms with Crippen molar-refractivity contribution in [2.24, 2.45) is 5.92 Å². The Morgan fingerprint density at radius 2 is 2.14 bits per heavy atom. The first-order valence-electron chi connectivity index (χ1n) is 10.1. The predicted octanol–water partition coefficient (Wildman–Crippen LogP) is 4.06. The zero-order valence-electron chi connectivity index (χ0n) is 16.1. The number of thiophene rings is 1. The highest BCUT2D eigenvalue weighted by Gasteiger charge is 2.33. The number of carbonyl (C=O) groups excluding carboxylic acids is 1. The highest BCUT2D eigenvalue weighted by atomic mass is 32.1. The number of rotatable bonds is 3. The van der Waals surface area contributed by atoms with E-state index in [4.69, 9.17) is 0 Å². The number of aryl methyl sites for hydroxylation is 1. The molecule has 1 atom stereocenters. The lowest BCUT2D eigenvalue weighted by molar-refractivity contribution is -0.122. The lowest BCUT2D eigenvalue weighted by Gasteiger charge is -2.35. The molecule has 5 rings (SSSR count). The molecule has 3 aromatic rings. The molecule has 1 amide bonds. The van der Waals surface area contributed by atoms with Crippen LogP contribution in [-0.2, 0) is 17.6 Å². The quantitative estimate of drug-likeness (QED) is 0.674. The van der Waals surface area contributed by atoms with Crippen LogP contribution < -0.4 is 9.80 Å². The van der Waals surface area contributed by atoms with Crippen LogP contribution in [0, 0.1) is 5.92 Å². The average molecular weight is 393 g/mol. The Morgan fingerprint density at radius 3 is 3.04 bits per heavy atom. The van der Waals surface area contributed by atoms with Gasteiger partial charge in [0.05, 0.1) is 11.3 Å². The molecule has 0 spiro atoms. The third kappa shape index (κ3) is 2.96. The molecule has 6 heteroatoms. The molecule has 0 saturated carbocycles. The summed E-state index contributed by atoms with van der Waals surface area (Å²) in [5, 5.41) is 1.13. The molecule has 144 valence electrons. The van der Waals surface area contributed by atoms with Gasteiger partial charge in [0, 0.05) is 30.2 Å². The Kier molecular flexibility index (Phi) is 4.51. The van der Waals surface area contributed by atoms with Gasteiger partial charge in [0.2, 0.25) is 5.91 Å². The molecule has 5 nitrogen and oxygen atoms in total. The third-order valence-electron chi connectivity index (χ3n) is 5.93. The average Bonchev–Trinajstić information content (AvgIpc) is 3.37. The number of para-hydroxylation sites is 1. The highest BCUT2D eigenvalue weighted by Crippen LogP contribution is 2.34. The maximum absolute atomic E-state index is 13.3. The van der Waals surface area contributed by atoms with E-state index in [0.29, 0.717) is 0 Å². The summed E-state index contributed by atoms with van der Waals surface area (Å²) in [5.41, 5.74) is 2.38. The van der Waals surface area contributed by atoms with Crippen molar-refractivity contribution in [1.29, 1.82) is 0 Å². The summed E-state index contributed by atoms with van der Waals surface area (Å²) in [4.78, 5) is 29.0. The van der Waals surface area contributed by atoms with Gasteiger partial charge in [-0.05, 0) is 43.4 Å². The highest BCUT2D eigenvalue weighted by molar-refractivity contribution is 7.18. The fraction of sp³-hybridized carbons (Fsp3) is 0.409.